The molecule has 16 heavy (non-hydrogen) atoms. The van der Waals surface area contributed by atoms with E-state index in [1.807, 2.05) is 11.9 Å². The average molecular weight is 299 g/mol. The smallest absolute Gasteiger partial charge is 0.148 e. The van der Waals surface area contributed by atoms with Gasteiger partial charge in [-0.25, -0.2) is 9.97 Å². The highest BCUT2D eigenvalue weighted by molar-refractivity contribution is 9.10. The molecule has 2 aromatic rings. The number of hydrogen-bond donors (Lipinski definition) is 1. The molecule has 0 aliphatic heterocycles. The zero-order chi connectivity index (χ0) is 11.5. The number of nitrogens with two attached hydrogens (primary N) is 1. The van der Waals surface area contributed by atoms with Crippen molar-refractivity contribution >= 4 is 38.9 Å². The first-order valence-corrected chi connectivity index (χ1v) is 6.40. The van der Waals surface area contributed by atoms with E-state index in [9.17, 15) is 0 Å². The lowest BCUT2D eigenvalue weighted by Crippen LogP contribution is -2.18. The molecule has 2 rings (SSSR count). The van der Waals surface area contributed by atoms with Crippen LogP contribution in [0.15, 0.2) is 27.6 Å². The summed E-state index contributed by atoms with van der Waals surface area (Å²) < 4.78 is 0.743. The van der Waals surface area contributed by atoms with Gasteiger partial charge in [-0.2, -0.15) is 11.3 Å². The van der Waals surface area contributed by atoms with Gasteiger partial charge in [0.25, 0.3) is 0 Å². The lowest BCUT2D eigenvalue weighted by Gasteiger charge is -2.18. The number of hydrogen-bond acceptors (Lipinski definition) is 5. The SMILES string of the molecule is CN(Cc1ccsc1)c1ncnc(N)c1Br. The van der Waals surface area contributed by atoms with Crippen LogP contribution in [0.3, 0.4) is 0 Å². The first kappa shape index (κ1) is 11.3. The van der Waals surface area contributed by atoms with Crippen molar-refractivity contribution in [2.75, 3.05) is 17.7 Å². The maximum absolute atomic E-state index is 5.71. The zero-order valence-electron chi connectivity index (χ0n) is 8.72. The van der Waals surface area contributed by atoms with Crippen molar-refractivity contribution in [1.82, 2.24) is 9.97 Å². The number of nitrogens with zero attached hydrogens (tertiary/aromatic N) is 3. The minimum absolute atomic E-state index is 0.460. The van der Waals surface area contributed by atoms with Crippen molar-refractivity contribution in [3.8, 4) is 0 Å². The summed E-state index contributed by atoms with van der Waals surface area (Å²) in [6.45, 7) is 0.804. The summed E-state index contributed by atoms with van der Waals surface area (Å²) >= 11 is 5.08. The predicted molar refractivity (Wildman–Crippen MR) is 70.6 cm³/mol. The summed E-state index contributed by atoms with van der Waals surface area (Å²) in [7, 11) is 1.98. The van der Waals surface area contributed by atoms with E-state index in [2.05, 4.69) is 42.7 Å². The highest BCUT2D eigenvalue weighted by Gasteiger charge is 2.10. The number of anilines is 2. The Labute approximate surface area is 106 Å². The van der Waals surface area contributed by atoms with Crippen LogP contribution in [0, 0.1) is 0 Å². The molecule has 6 heteroatoms. The third-order valence-electron chi connectivity index (χ3n) is 2.16. The number of rotatable bonds is 3. The Morgan fingerprint density at radius 3 is 3.00 bits per heavy atom. The van der Waals surface area contributed by atoms with Gasteiger partial charge in [-0.1, -0.05) is 0 Å². The van der Waals surface area contributed by atoms with E-state index in [0.29, 0.717) is 5.82 Å². The van der Waals surface area contributed by atoms with Gasteiger partial charge < -0.3 is 10.6 Å². The molecule has 2 aromatic heterocycles. The first-order valence-electron chi connectivity index (χ1n) is 4.66. The molecule has 4 nitrogen and oxygen atoms in total. The largest absolute Gasteiger partial charge is 0.383 e. The molecule has 0 radical (unpaired) electrons. The molecule has 2 heterocycles. The first-order chi connectivity index (χ1) is 7.68. The van der Waals surface area contributed by atoms with Crippen molar-refractivity contribution in [3.63, 3.8) is 0 Å². The van der Waals surface area contributed by atoms with Crippen LogP contribution >= 0.6 is 27.3 Å². The van der Waals surface area contributed by atoms with Gasteiger partial charge in [0.15, 0.2) is 0 Å². The molecule has 0 amide bonds. The second-order valence-electron chi connectivity index (χ2n) is 3.38. The molecule has 84 valence electrons. The van der Waals surface area contributed by atoms with Gasteiger partial charge >= 0.3 is 0 Å². The highest BCUT2D eigenvalue weighted by Crippen LogP contribution is 2.27. The molecule has 0 fully saturated rings. The third-order valence-corrected chi connectivity index (χ3v) is 3.65. The van der Waals surface area contributed by atoms with Crippen molar-refractivity contribution < 1.29 is 0 Å². The number of aromatic nitrogens is 2. The fraction of sp³-hybridized carbons (Fsp3) is 0.200. The van der Waals surface area contributed by atoms with Crippen LogP contribution in [-0.2, 0) is 6.54 Å². The number of nitrogen functional groups attached to an aromatic ring is 1. The second kappa shape index (κ2) is 4.80. The van der Waals surface area contributed by atoms with E-state index in [0.717, 1.165) is 16.8 Å². The van der Waals surface area contributed by atoms with Gasteiger partial charge in [0.05, 0.1) is 0 Å². The lowest BCUT2D eigenvalue weighted by molar-refractivity contribution is 0.891. The Hall–Kier alpha value is -1.14. The minimum Gasteiger partial charge on any atom is -0.383 e. The van der Waals surface area contributed by atoms with Crippen LogP contribution < -0.4 is 10.6 Å². The van der Waals surface area contributed by atoms with Crippen LogP contribution in [0.25, 0.3) is 0 Å². The van der Waals surface area contributed by atoms with Gasteiger partial charge in [-0.3, -0.25) is 0 Å². The molecule has 0 spiro atoms. The number of thiophene rings is 1. The fourth-order valence-corrected chi connectivity index (χ4v) is 2.54. The Balaban J connectivity index is 2.21. The highest BCUT2D eigenvalue weighted by atomic mass is 79.9. The molecule has 0 unspecified atom stereocenters. The van der Waals surface area contributed by atoms with E-state index < -0.39 is 0 Å². The molecular weight excluding hydrogens is 288 g/mol. The Kier molecular flexibility index (Phi) is 3.40. The monoisotopic (exact) mass is 298 g/mol. The fourth-order valence-electron chi connectivity index (χ4n) is 1.37. The molecule has 0 aromatic carbocycles. The summed E-state index contributed by atoms with van der Waals surface area (Å²) in [5.41, 5.74) is 6.97. The quantitative estimate of drug-likeness (QED) is 0.946. The van der Waals surface area contributed by atoms with Crippen LogP contribution in [0.2, 0.25) is 0 Å². The molecule has 0 aliphatic carbocycles. The molecule has 2 N–H and O–H groups in total. The Morgan fingerprint density at radius 1 is 1.50 bits per heavy atom. The molecule has 0 saturated heterocycles. The maximum Gasteiger partial charge on any atom is 0.148 e. The summed E-state index contributed by atoms with van der Waals surface area (Å²) in [6.07, 6.45) is 1.47. The summed E-state index contributed by atoms with van der Waals surface area (Å²) in [5.74, 6) is 1.26. The van der Waals surface area contributed by atoms with Crippen molar-refractivity contribution in [3.05, 3.63) is 33.2 Å². The van der Waals surface area contributed by atoms with Crippen molar-refractivity contribution in [2.24, 2.45) is 0 Å². The molecule has 0 aliphatic rings. The Bertz CT molecular complexity index is 472. The second-order valence-corrected chi connectivity index (χ2v) is 4.96. The van der Waals surface area contributed by atoms with E-state index >= 15 is 0 Å². The average Bonchev–Trinajstić information content (AvgIpc) is 2.74. The van der Waals surface area contributed by atoms with Crippen LogP contribution in [0.4, 0.5) is 11.6 Å². The molecular formula is C10H11BrN4S. The van der Waals surface area contributed by atoms with Gasteiger partial charge in [0.2, 0.25) is 0 Å². The van der Waals surface area contributed by atoms with Crippen molar-refractivity contribution in [2.45, 2.75) is 6.54 Å². The van der Waals surface area contributed by atoms with E-state index in [-0.39, 0.29) is 0 Å². The van der Waals surface area contributed by atoms with E-state index in [1.54, 1.807) is 11.3 Å². The van der Waals surface area contributed by atoms with Gasteiger partial charge in [-0.05, 0) is 38.3 Å². The van der Waals surface area contributed by atoms with Crippen LogP contribution in [0.5, 0.6) is 0 Å². The maximum atomic E-state index is 5.71. The molecule has 0 bridgehead atoms. The molecule has 0 atom stereocenters. The van der Waals surface area contributed by atoms with E-state index in [1.165, 1.54) is 11.9 Å². The number of halogens is 1. The minimum atomic E-state index is 0.460. The summed E-state index contributed by atoms with van der Waals surface area (Å²) in [6, 6.07) is 2.10. The van der Waals surface area contributed by atoms with Gasteiger partial charge in [0, 0.05) is 13.6 Å². The van der Waals surface area contributed by atoms with Crippen LogP contribution in [0.1, 0.15) is 5.56 Å². The van der Waals surface area contributed by atoms with Gasteiger partial charge in [0.1, 0.15) is 22.4 Å². The normalized spacial score (nSPS) is 10.4. The standard InChI is InChI=1S/C10H11BrN4S/c1-15(4-7-2-3-16-5-7)10-8(11)9(12)13-6-14-10/h2-3,5-6H,4H2,1H3,(H2,12,13,14). The lowest BCUT2D eigenvalue weighted by atomic mass is 10.3. The molecule has 0 saturated carbocycles. The summed E-state index contributed by atoms with van der Waals surface area (Å²) in [5, 5.41) is 4.18. The zero-order valence-corrected chi connectivity index (χ0v) is 11.1. The topological polar surface area (TPSA) is 55.0 Å². The van der Waals surface area contributed by atoms with Gasteiger partial charge in [-0.15, -0.1) is 0 Å². The Morgan fingerprint density at radius 2 is 2.31 bits per heavy atom. The van der Waals surface area contributed by atoms with Crippen molar-refractivity contribution in [1.29, 1.82) is 0 Å². The summed E-state index contributed by atoms with van der Waals surface area (Å²) in [4.78, 5) is 10.2. The van der Waals surface area contributed by atoms with Crippen LogP contribution in [-0.4, -0.2) is 17.0 Å². The predicted octanol–water partition coefficient (Wildman–Crippen LogP) is 2.52. The third kappa shape index (κ3) is 2.33. The van der Waals surface area contributed by atoms with E-state index in [4.69, 9.17) is 5.73 Å².